The van der Waals surface area contributed by atoms with Crippen LogP contribution in [0, 0.1) is 18.3 Å². The summed E-state index contributed by atoms with van der Waals surface area (Å²) in [5, 5.41) is 13.7. The van der Waals surface area contributed by atoms with Gasteiger partial charge in [0.2, 0.25) is 0 Å². The average molecular weight is 303 g/mol. The van der Waals surface area contributed by atoms with Crippen molar-refractivity contribution in [2.75, 3.05) is 12.4 Å². The fourth-order valence-electron chi connectivity index (χ4n) is 1.63. The van der Waals surface area contributed by atoms with Crippen molar-refractivity contribution in [2.45, 2.75) is 13.5 Å². The van der Waals surface area contributed by atoms with E-state index in [-0.39, 0.29) is 0 Å². The van der Waals surface area contributed by atoms with Gasteiger partial charge in [-0.25, -0.2) is 9.78 Å². The molecule has 0 aliphatic rings. The van der Waals surface area contributed by atoms with Crippen molar-refractivity contribution in [1.82, 2.24) is 4.98 Å². The molecule has 1 aromatic carbocycles. The molecule has 0 radical (unpaired) electrons. The lowest BCUT2D eigenvalue weighted by Gasteiger charge is -2.10. The van der Waals surface area contributed by atoms with Crippen LogP contribution in [0.3, 0.4) is 0 Å². The number of benzene rings is 1. The first-order chi connectivity index (χ1) is 10.1. The van der Waals surface area contributed by atoms with Crippen LogP contribution in [0.15, 0.2) is 23.6 Å². The van der Waals surface area contributed by atoms with E-state index in [0.29, 0.717) is 23.7 Å². The minimum absolute atomic E-state index is 0.303. The lowest BCUT2D eigenvalue weighted by Crippen LogP contribution is -2.11. The number of amides is 1. The third-order valence-corrected chi connectivity index (χ3v) is 3.45. The third kappa shape index (κ3) is 3.94. The number of nitrogens with zero attached hydrogens (tertiary/aromatic N) is 2. The molecular weight excluding hydrogens is 290 g/mol. The predicted molar refractivity (Wildman–Crippen MR) is 78.4 cm³/mol. The Kier molecular flexibility index (Phi) is 4.74. The highest BCUT2D eigenvalue weighted by molar-refractivity contribution is 7.09. The molecule has 0 saturated carbocycles. The van der Waals surface area contributed by atoms with Gasteiger partial charge in [-0.1, -0.05) is 0 Å². The number of aryl methyl sites for hydroxylation is 1. The first-order valence-electron chi connectivity index (χ1n) is 6.05. The number of aromatic nitrogens is 1. The van der Waals surface area contributed by atoms with Crippen LogP contribution in [0.1, 0.15) is 16.3 Å². The van der Waals surface area contributed by atoms with Crippen molar-refractivity contribution >= 4 is 23.1 Å². The molecule has 1 amide bonds. The molecule has 1 aromatic heterocycles. The first-order valence-corrected chi connectivity index (χ1v) is 6.93. The number of nitriles is 1. The molecule has 0 saturated heterocycles. The minimum atomic E-state index is -0.519. The smallest absolute Gasteiger partial charge is 0.411 e. The number of nitrogens with one attached hydrogen (secondary N) is 1. The van der Waals surface area contributed by atoms with Gasteiger partial charge in [-0.15, -0.1) is 11.3 Å². The highest BCUT2D eigenvalue weighted by Gasteiger charge is 2.06. The van der Waals surface area contributed by atoms with Crippen LogP contribution in [0.4, 0.5) is 10.5 Å². The van der Waals surface area contributed by atoms with Gasteiger partial charge in [0.25, 0.3) is 0 Å². The number of carbonyl (C=O) groups excluding carboxylic acids is 1. The standard InChI is InChI=1S/C14H13N3O3S/c1-9-5-10(17-14(18)19-2)3-4-12(9)20-7-13-16-11(6-15)8-21-13/h3-5,8H,7H2,1-2H3,(H,17,18). The number of methoxy groups -OCH3 is 1. The number of carbonyl (C=O) groups is 1. The lowest BCUT2D eigenvalue weighted by molar-refractivity contribution is 0.187. The number of rotatable bonds is 4. The molecule has 1 heterocycles. The van der Waals surface area contributed by atoms with E-state index in [9.17, 15) is 4.79 Å². The van der Waals surface area contributed by atoms with Crippen molar-refractivity contribution in [3.05, 3.63) is 39.8 Å². The predicted octanol–water partition coefficient (Wildman–Crippen LogP) is 3.08. The average Bonchev–Trinajstić information content (AvgIpc) is 2.94. The van der Waals surface area contributed by atoms with Gasteiger partial charge in [-0.05, 0) is 30.7 Å². The second kappa shape index (κ2) is 6.72. The Morgan fingerprint density at radius 3 is 2.95 bits per heavy atom. The Balaban J connectivity index is 2.00. The van der Waals surface area contributed by atoms with E-state index >= 15 is 0 Å². The molecule has 0 bridgehead atoms. The molecule has 6 nitrogen and oxygen atoms in total. The first kappa shape index (κ1) is 14.8. The van der Waals surface area contributed by atoms with Gasteiger partial charge in [-0.3, -0.25) is 5.32 Å². The van der Waals surface area contributed by atoms with Gasteiger partial charge in [0, 0.05) is 11.1 Å². The Hall–Kier alpha value is -2.59. The van der Waals surface area contributed by atoms with Gasteiger partial charge < -0.3 is 9.47 Å². The van der Waals surface area contributed by atoms with E-state index in [2.05, 4.69) is 15.0 Å². The summed E-state index contributed by atoms with van der Waals surface area (Å²) in [7, 11) is 1.31. The lowest BCUT2D eigenvalue weighted by atomic mass is 10.2. The van der Waals surface area contributed by atoms with Crippen LogP contribution in [0.5, 0.6) is 5.75 Å². The summed E-state index contributed by atoms with van der Waals surface area (Å²) in [6.45, 7) is 2.18. The quantitative estimate of drug-likeness (QED) is 0.938. The van der Waals surface area contributed by atoms with Crippen LogP contribution in [-0.2, 0) is 11.3 Å². The monoisotopic (exact) mass is 303 g/mol. The summed E-state index contributed by atoms with van der Waals surface area (Å²) in [4.78, 5) is 15.2. The van der Waals surface area contributed by atoms with Crippen molar-refractivity contribution in [3.8, 4) is 11.8 Å². The SMILES string of the molecule is COC(=O)Nc1ccc(OCc2nc(C#N)cs2)c(C)c1. The van der Waals surface area contributed by atoms with Gasteiger partial charge in [0.1, 0.15) is 23.4 Å². The largest absolute Gasteiger partial charge is 0.486 e. The van der Waals surface area contributed by atoms with Crippen molar-refractivity contribution in [3.63, 3.8) is 0 Å². The molecular formula is C14H13N3O3S. The van der Waals surface area contributed by atoms with Gasteiger partial charge in [0.15, 0.2) is 5.69 Å². The van der Waals surface area contributed by atoms with E-state index in [0.717, 1.165) is 10.6 Å². The van der Waals surface area contributed by atoms with Crippen LogP contribution in [0.25, 0.3) is 0 Å². The summed E-state index contributed by atoms with van der Waals surface area (Å²) in [6.07, 6.45) is -0.519. The molecule has 108 valence electrons. The molecule has 0 unspecified atom stereocenters. The Morgan fingerprint density at radius 1 is 1.52 bits per heavy atom. The number of hydrogen-bond acceptors (Lipinski definition) is 6. The molecule has 21 heavy (non-hydrogen) atoms. The summed E-state index contributed by atoms with van der Waals surface area (Å²) in [5.41, 5.74) is 1.90. The number of hydrogen-bond donors (Lipinski definition) is 1. The molecule has 2 aromatic rings. The van der Waals surface area contributed by atoms with Crippen molar-refractivity contribution in [1.29, 1.82) is 5.26 Å². The fraction of sp³-hybridized carbons (Fsp3) is 0.214. The van der Waals surface area contributed by atoms with Gasteiger partial charge in [-0.2, -0.15) is 5.26 Å². The van der Waals surface area contributed by atoms with E-state index < -0.39 is 6.09 Å². The van der Waals surface area contributed by atoms with Crippen molar-refractivity contribution in [2.24, 2.45) is 0 Å². The highest BCUT2D eigenvalue weighted by Crippen LogP contribution is 2.23. The van der Waals surface area contributed by atoms with E-state index in [1.54, 1.807) is 23.6 Å². The maximum absolute atomic E-state index is 11.1. The highest BCUT2D eigenvalue weighted by atomic mass is 32.1. The summed E-state index contributed by atoms with van der Waals surface area (Å²) < 4.78 is 10.2. The number of ether oxygens (including phenoxy) is 2. The number of anilines is 1. The molecule has 0 spiro atoms. The second-order valence-corrected chi connectivity index (χ2v) is 5.07. The Labute approximate surface area is 126 Å². The normalized spacial score (nSPS) is 9.76. The van der Waals surface area contributed by atoms with Crippen molar-refractivity contribution < 1.29 is 14.3 Å². The Morgan fingerprint density at radius 2 is 2.33 bits per heavy atom. The molecule has 0 aliphatic carbocycles. The molecule has 2 rings (SSSR count). The van der Waals surface area contributed by atoms with Gasteiger partial charge in [0.05, 0.1) is 7.11 Å². The number of thiazole rings is 1. The van der Waals surface area contributed by atoms with E-state index in [1.165, 1.54) is 18.4 Å². The molecule has 0 aliphatic heterocycles. The summed E-state index contributed by atoms with van der Waals surface area (Å²) in [6, 6.07) is 7.25. The zero-order valence-electron chi connectivity index (χ0n) is 11.5. The third-order valence-electron chi connectivity index (χ3n) is 2.62. The molecule has 1 N–H and O–H groups in total. The molecule has 7 heteroatoms. The molecule has 0 atom stereocenters. The van der Waals surface area contributed by atoms with Crippen LogP contribution in [-0.4, -0.2) is 18.2 Å². The van der Waals surface area contributed by atoms with E-state index in [1.807, 2.05) is 13.0 Å². The maximum atomic E-state index is 11.1. The summed E-state index contributed by atoms with van der Waals surface area (Å²) in [5.74, 6) is 0.694. The second-order valence-electron chi connectivity index (χ2n) is 4.12. The molecule has 0 fully saturated rings. The fourth-order valence-corrected chi connectivity index (χ4v) is 2.26. The van der Waals surface area contributed by atoms with E-state index in [4.69, 9.17) is 10.00 Å². The zero-order valence-corrected chi connectivity index (χ0v) is 12.4. The van der Waals surface area contributed by atoms with Crippen LogP contribution < -0.4 is 10.1 Å². The zero-order chi connectivity index (χ0) is 15.2. The Bertz CT molecular complexity index is 691. The maximum Gasteiger partial charge on any atom is 0.411 e. The summed E-state index contributed by atoms with van der Waals surface area (Å²) >= 11 is 1.38. The van der Waals surface area contributed by atoms with Crippen LogP contribution in [0.2, 0.25) is 0 Å². The van der Waals surface area contributed by atoms with Crippen LogP contribution >= 0.6 is 11.3 Å². The van der Waals surface area contributed by atoms with Gasteiger partial charge >= 0.3 is 6.09 Å². The topological polar surface area (TPSA) is 84.2 Å². The minimum Gasteiger partial charge on any atom is -0.486 e.